The predicted molar refractivity (Wildman–Crippen MR) is 94.3 cm³/mol. The number of oxime groups is 1. The van der Waals surface area contributed by atoms with Crippen LogP contribution in [-0.2, 0) is 10.4 Å². The Morgan fingerprint density at radius 3 is 2.80 bits per heavy atom. The van der Waals surface area contributed by atoms with Crippen LogP contribution in [0.25, 0.3) is 0 Å². The molecule has 0 N–H and O–H groups in total. The lowest BCUT2D eigenvalue weighted by atomic mass is 9.95. The molecule has 0 aromatic heterocycles. The van der Waals surface area contributed by atoms with Gasteiger partial charge in [-0.1, -0.05) is 35.5 Å². The first-order valence-electron chi connectivity index (χ1n) is 8.49. The van der Waals surface area contributed by atoms with Crippen molar-refractivity contribution >= 4 is 5.71 Å². The lowest BCUT2D eigenvalue weighted by molar-refractivity contribution is 0.121. The van der Waals surface area contributed by atoms with Crippen molar-refractivity contribution in [1.82, 2.24) is 4.90 Å². The van der Waals surface area contributed by atoms with Crippen LogP contribution in [0.15, 0.2) is 53.7 Å². The van der Waals surface area contributed by atoms with Gasteiger partial charge in [0.05, 0.1) is 11.6 Å². The SMILES string of the molecule is CN(C)CCON=C1c2ccc(F)cc2OC2(c3ccccc3)CC12. The predicted octanol–water partition coefficient (Wildman–Crippen LogP) is 3.42. The summed E-state index contributed by atoms with van der Waals surface area (Å²) >= 11 is 0. The summed E-state index contributed by atoms with van der Waals surface area (Å²) in [5.74, 6) is 0.355. The molecule has 130 valence electrons. The number of hydrogen-bond donors (Lipinski definition) is 0. The quantitative estimate of drug-likeness (QED) is 0.618. The van der Waals surface area contributed by atoms with Gasteiger partial charge in [0, 0.05) is 24.6 Å². The maximum atomic E-state index is 13.7. The highest BCUT2D eigenvalue weighted by atomic mass is 19.1. The fraction of sp³-hybridized carbons (Fsp3) is 0.350. The molecule has 2 aliphatic rings. The number of halogens is 1. The minimum Gasteiger partial charge on any atom is -0.481 e. The van der Waals surface area contributed by atoms with Crippen molar-refractivity contribution in [3.05, 3.63) is 65.5 Å². The molecule has 2 atom stereocenters. The summed E-state index contributed by atoms with van der Waals surface area (Å²) in [4.78, 5) is 7.59. The summed E-state index contributed by atoms with van der Waals surface area (Å²) in [7, 11) is 3.98. The summed E-state index contributed by atoms with van der Waals surface area (Å²) in [5, 5.41) is 4.41. The van der Waals surface area contributed by atoms with Crippen LogP contribution in [0.4, 0.5) is 4.39 Å². The zero-order valence-electron chi connectivity index (χ0n) is 14.4. The van der Waals surface area contributed by atoms with Crippen molar-refractivity contribution in [1.29, 1.82) is 0 Å². The summed E-state index contributed by atoms with van der Waals surface area (Å²) in [6, 6.07) is 14.7. The number of likely N-dealkylation sites (N-methyl/N-ethyl adjacent to an activating group) is 1. The van der Waals surface area contributed by atoms with E-state index in [0.29, 0.717) is 12.4 Å². The van der Waals surface area contributed by atoms with Crippen molar-refractivity contribution < 1.29 is 14.0 Å². The van der Waals surface area contributed by atoms with E-state index in [0.717, 1.165) is 29.8 Å². The summed E-state index contributed by atoms with van der Waals surface area (Å²) in [5.41, 5.74) is 2.31. The highest BCUT2D eigenvalue weighted by Crippen LogP contribution is 2.60. The van der Waals surface area contributed by atoms with Gasteiger partial charge in [0.1, 0.15) is 23.8 Å². The molecule has 25 heavy (non-hydrogen) atoms. The Hall–Kier alpha value is -2.40. The highest BCUT2D eigenvalue weighted by Gasteiger charge is 2.64. The molecule has 0 bridgehead atoms. The minimum atomic E-state index is -0.453. The van der Waals surface area contributed by atoms with E-state index in [1.54, 1.807) is 6.07 Å². The second kappa shape index (κ2) is 6.15. The van der Waals surface area contributed by atoms with Gasteiger partial charge >= 0.3 is 0 Å². The maximum absolute atomic E-state index is 13.7. The van der Waals surface area contributed by atoms with Gasteiger partial charge in [-0.3, -0.25) is 0 Å². The van der Waals surface area contributed by atoms with E-state index < -0.39 is 5.60 Å². The fourth-order valence-electron chi connectivity index (χ4n) is 3.40. The van der Waals surface area contributed by atoms with Crippen LogP contribution in [0.1, 0.15) is 17.5 Å². The number of ether oxygens (including phenoxy) is 1. The van der Waals surface area contributed by atoms with E-state index in [9.17, 15) is 4.39 Å². The molecule has 2 aromatic rings. The largest absolute Gasteiger partial charge is 0.481 e. The van der Waals surface area contributed by atoms with Crippen molar-refractivity contribution in [3.8, 4) is 5.75 Å². The van der Waals surface area contributed by atoms with Crippen LogP contribution in [0, 0.1) is 11.7 Å². The van der Waals surface area contributed by atoms with Gasteiger partial charge in [0.25, 0.3) is 0 Å². The Labute approximate surface area is 146 Å². The van der Waals surface area contributed by atoms with E-state index in [-0.39, 0.29) is 11.7 Å². The first-order chi connectivity index (χ1) is 12.1. The molecule has 2 aromatic carbocycles. The van der Waals surface area contributed by atoms with Gasteiger partial charge in [0.2, 0.25) is 0 Å². The Morgan fingerprint density at radius 2 is 2.04 bits per heavy atom. The normalized spacial score (nSPS) is 25.3. The Morgan fingerprint density at radius 1 is 1.24 bits per heavy atom. The maximum Gasteiger partial charge on any atom is 0.143 e. The van der Waals surface area contributed by atoms with E-state index in [1.807, 2.05) is 37.2 Å². The Bertz CT molecular complexity index is 807. The molecule has 1 saturated carbocycles. The molecule has 0 saturated heterocycles. The molecule has 1 heterocycles. The van der Waals surface area contributed by atoms with E-state index in [4.69, 9.17) is 9.57 Å². The Balaban J connectivity index is 1.68. The number of benzene rings is 2. The summed E-state index contributed by atoms with van der Waals surface area (Å²) in [6.07, 6.45) is 0.823. The van der Waals surface area contributed by atoms with Crippen molar-refractivity contribution in [3.63, 3.8) is 0 Å². The third-order valence-electron chi connectivity index (χ3n) is 4.81. The minimum absolute atomic E-state index is 0.132. The number of hydrogen-bond acceptors (Lipinski definition) is 4. The fourth-order valence-corrected chi connectivity index (χ4v) is 3.40. The standard InChI is InChI=1S/C20H21FN2O2/c1-23(2)10-11-24-22-19-16-9-8-15(21)12-18(16)25-20(13-17(19)20)14-6-4-3-5-7-14/h3-9,12,17H,10-11,13H2,1-2H3. The average molecular weight is 340 g/mol. The molecule has 4 rings (SSSR count). The Kier molecular flexibility index (Phi) is 3.96. The molecule has 4 nitrogen and oxygen atoms in total. The van der Waals surface area contributed by atoms with Crippen molar-refractivity contribution in [2.75, 3.05) is 27.2 Å². The zero-order valence-corrected chi connectivity index (χ0v) is 14.4. The smallest absolute Gasteiger partial charge is 0.143 e. The molecule has 2 unspecified atom stereocenters. The van der Waals surface area contributed by atoms with Gasteiger partial charge in [-0.05, 0) is 31.8 Å². The summed E-state index contributed by atoms with van der Waals surface area (Å²) < 4.78 is 20.0. The van der Waals surface area contributed by atoms with Crippen molar-refractivity contribution in [2.45, 2.75) is 12.0 Å². The zero-order chi connectivity index (χ0) is 17.4. The van der Waals surface area contributed by atoms with E-state index in [1.165, 1.54) is 12.1 Å². The molecule has 1 aliphatic heterocycles. The van der Waals surface area contributed by atoms with Crippen LogP contribution in [-0.4, -0.2) is 37.9 Å². The monoisotopic (exact) mass is 340 g/mol. The van der Waals surface area contributed by atoms with Gasteiger partial charge in [0.15, 0.2) is 0 Å². The van der Waals surface area contributed by atoms with Crippen LogP contribution in [0.2, 0.25) is 0 Å². The third-order valence-corrected chi connectivity index (χ3v) is 4.81. The third kappa shape index (κ3) is 2.89. The van der Waals surface area contributed by atoms with Crippen LogP contribution < -0.4 is 4.74 Å². The van der Waals surface area contributed by atoms with E-state index >= 15 is 0 Å². The molecule has 0 amide bonds. The summed E-state index contributed by atoms with van der Waals surface area (Å²) in [6.45, 7) is 1.30. The van der Waals surface area contributed by atoms with Gasteiger partial charge < -0.3 is 14.5 Å². The number of nitrogens with zero attached hydrogens (tertiary/aromatic N) is 2. The topological polar surface area (TPSA) is 34.1 Å². The second-order valence-corrected chi connectivity index (χ2v) is 6.87. The van der Waals surface area contributed by atoms with Crippen molar-refractivity contribution in [2.24, 2.45) is 11.1 Å². The van der Waals surface area contributed by atoms with Crippen LogP contribution >= 0.6 is 0 Å². The molecule has 0 spiro atoms. The van der Waals surface area contributed by atoms with Gasteiger partial charge in [-0.25, -0.2) is 4.39 Å². The lowest BCUT2D eigenvalue weighted by Crippen LogP contribution is -2.28. The average Bonchev–Trinajstić information content (AvgIpc) is 3.33. The number of fused-ring (bicyclic) bond motifs is 2. The molecular formula is C20H21FN2O2. The van der Waals surface area contributed by atoms with Gasteiger partial charge in [-0.15, -0.1) is 0 Å². The van der Waals surface area contributed by atoms with Crippen LogP contribution in [0.5, 0.6) is 5.75 Å². The molecule has 5 heteroatoms. The van der Waals surface area contributed by atoms with Gasteiger partial charge in [-0.2, -0.15) is 0 Å². The highest BCUT2D eigenvalue weighted by molar-refractivity contribution is 6.08. The number of rotatable bonds is 5. The molecular weight excluding hydrogens is 319 g/mol. The molecule has 1 fully saturated rings. The van der Waals surface area contributed by atoms with Crippen LogP contribution in [0.3, 0.4) is 0 Å². The molecule has 0 radical (unpaired) electrons. The lowest BCUT2D eigenvalue weighted by Gasteiger charge is -2.27. The second-order valence-electron chi connectivity index (χ2n) is 6.87. The first kappa shape index (κ1) is 16.1. The first-order valence-corrected chi connectivity index (χ1v) is 8.49. The van der Waals surface area contributed by atoms with E-state index in [2.05, 4.69) is 17.3 Å². The molecule has 1 aliphatic carbocycles.